The van der Waals surface area contributed by atoms with Crippen LogP contribution in [0.1, 0.15) is 60.8 Å². The van der Waals surface area contributed by atoms with Crippen molar-refractivity contribution in [2.75, 3.05) is 33.5 Å². The van der Waals surface area contributed by atoms with Crippen molar-refractivity contribution in [1.29, 1.82) is 0 Å². The molecule has 180 valence electrons. The number of hydrogen-bond donors (Lipinski definition) is 0. The first-order chi connectivity index (χ1) is 16.6. The van der Waals surface area contributed by atoms with Crippen LogP contribution in [0, 0.1) is 0 Å². The largest absolute Gasteiger partial charge is 0.490 e. The van der Waals surface area contributed by atoms with Crippen molar-refractivity contribution >= 4 is 16.9 Å². The molecular weight excluding hydrogens is 434 g/mol. The van der Waals surface area contributed by atoms with Crippen molar-refractivity contribution in [3.8, 4) is 11.5 Å². The molecule has 0 aliphatic carbocycles. The molecule has 0 N–H and O–H groups in total. The van der Waals surface area contributed by atoms with Crippen LogP contribution in [0.4, 0.5) is 0 Å². The van der Waals surface area contributed by atoms with Gasteiger partial charge in [0.15, 0.2) is 16.9 Å². The lowest BCUT2D eigenvalue weighted by Gasteiger charge is -2.25. The van der Waals surface area contributed by atoms with Gasteiger partial charge in [0, 0.05) is 13.7 Å². The Morgan fingerprint density at radius 1 is 0.971 bits per heavy atom. The average Bonchev–Trinajstić information content (AvgIpc) is 3.13. The first-order valence-corrected chi connectivity index (χ1v) is 11.9. The molecular formula is C27H31NO6. The molecule has 1 aliphatic heterocycles. The maximum Gasteiger partial charge on any atom is 0.290 e. The predicted octanol–water partition coefficient (Wildman–Crippen LogP) is 4.95. The van der Waals surface area contributed by atoms with Crippen LogP contribution in [0.2, 0.25) is 0 Å². The van der Waals surface area contributed by atoms with E-state index in [2.05, 4.69) is 6.92 Å². The van der Waals surface area contributed by atoms with Crippen molar-refractivity contribution in [2.45, 2.75) is 39.2 Å². The standard InChI is InChI=1S/C27H31NO6/c1-4-6-9-15-33-21-13-12-18(17-22(21)32-5-2)24-23-25(29)19-10-7-8-11-20(19)34-26(23)27(30)28(24)14-16-31-3/h7-8,10-13,17,24H,4-6,9,14-16H2,1-3H3. The average molecular weight is 466 g/mol. The van der Waals surface area contributed by atoms with E-state index in [1.807, 2.05) is 25.1 Å². The summed E-state index contributed by atoms with van der Waals surface area (Å²) in [7, 11) is 1.58. The number of para-hydroxylation sites is 1. The van der Waals surface area contributed by atoms with E-state index in [1.165, 1.54) is 0 Å². The summed E-state index contributed by atoms with van der Waals surface area (Å²) in [6, 6.07) is 12.0. The Balaban J connectivity index is 1.80. The minimum Gasteiger partial charge on any atom is -0.490 e. The maximum atomic E-state index is 13.5. The van der Waals surface area contributed by atoms with Gasteiger partial charge < -0.3 is 23.5 Å². The Kier molecular flexibility index (Phi) is 7.53. The van der Waals surface area contributed by atoms with E-state index in [1.54, 1.807) is 36.3 Å². The Morgan fingerprint density at radius 3 is 2.56 bits per heavy atom. The second kappa shape index (κ2) is 10.7. The molecule has 7 nitrogen and oxygen atoms in total. The fourth-order valence-corrected chi connectivity index (χ4v) is 4.35. The highest BCUT2D eigenvalue weighted by Crippen LogP contribution is 2.41. The van der Waals surface area contributed by atoms with Gasteiger partial charge in [-0.3, -0.25) is 9.59 Å². The summed E-state index contributed by atoms with van der Waals surface area (Å²) in [5.74, 6) is 1.01. The third-order valence-corrected chi connectivity index (χ3v) is 6.00. The highest BCUT2D eigenvalue weighted by Gasteiger charge is 2.42. The van der Waals surface area contributed by atoms with Gasteiger partial charge in [0.2, 0.25) is 5.76 Å². The van der Waals surface area contributed by atoms with E-state index in [9.17, 15) is 9.59 Å². The summed E-state index contributed by atoms with van der Waals surface area (Å²) in [5.41, 5.74) is 1.31. The van der Waals surface area contributed by atoms with E-state index < -0.39 is 6.04 Å². The lowest BCUT2D eigenvalue weighted by Crippen LogP contribution is -2.32. The summed E-state index contributed by atoms with van der Waals surface area (Å²) < 4.78 is 23.0. The summed E-state index contributed by atoms with van der Waals surface area (Å²) in [5, 5.41) is 0.452. The molecule has 1 aromatic heterocycles. The van der Waals surface area contributed by atoms with E-state index in [4.69, 9.17) is 18.6 Å². The van der Waals surface area contributed by atoms with Gasteiger partial charge in [0.05, 0.1) is 36.8 Å². The third-order valence-electron chi connectivity index (χ3n) is 6.00. The Bertz CT molecular complexity index is 1220. The molecule has 1 aliphatic rings. The first kappa shape index (κ1) is 23.8. The smallest absolute Gasteiger partial charge is 0.290 e. The Hall–Kier alpha value is -3.32. The van der Waals surface area contributed by atoms with E-state index in [0.717, 1.165) is 24.8 Å². The Morgan fingerprint density at radius 2 is 1.79 bits per heavy atom. The van der Waals surface area contributed by atoms with Crippen molar-refractivity contribution in [1.82, 2.24) is 4.90 Å². The predicted molar refractivity (Wildman–Crippen MR) is 130 cm³/mol. The first-order valence-electron chi connectivity index (χ1n) is 11.9. The topological polar surface area (TPSA) is 78.2 Å². The molecule has 4 rings (SSSR count). The summed E-state index contributed by atoms with van der Waals surface area (Å²) in [4.78, 5) is 28.5. The second-order valence-electron chi connectivity index (χ2n) is 8.26. The number of fused-ring (bicyclic) bond motifs is 2. The summed E-state index contributed by atoms with van der Waals surface area (Å²) in [6.45, 7) is 5.78. The Labute approximate surface area is 199 Å². The van der Waals surface area contributed by atoms with Gasteiger partial charge in [0.25, 0.3) is 5.91 Å². The monoisotopic (exact) mass is 465 g/mol. The number of rotatable bonds is 11. The number of hydrogen-bond acceptors (Lipinski definition) is 6. The van der Waals surface area contributed by atoms with Crippen LogP contribution in [0.15, 0.2) is 51.7 Å². The van der Waals surface area contributed by atoms with Crippen LogP contribution in [0.3, 0.4) is 0 Å². The normalized spacial score (nSPS) is 15.1. The molecule has 1 amide bonds. The quantitative estimate of drug-likeness (QED) is 0.373. The van der Waals surface area contributed by atoms with Crippen LogP contribution in [0.25, 0.3) is 11.0 Å². The van der Waals surface area contributed by atoms with Crippen LogP contribution >= 0.6 is 0 Å². The molecule has 0 radical (unpaired) electrons. The zero-order chi connectivity index (χ0) is 24.1. The van der Waals surface area contributed by atoms with Crippen molar-refractivity contribution in [3.05, 3.63) is 69.6 Å². The van der Waals surface area contributed by atoms with E-state index >= 15 is 0 Å². The van der Waals surface area contributed by atoms with Crippen LogP contribution in [-0.4, -0.2) is 44.3 Å². The molecule has 2 heterocycles. The molecule has 34 heavy (non-hydrogen) atoms. The van der Waals surface area contributed by atoms with Crippen LogP contribution in [-0.2, 0) is 4.74 Å². The van der Waals surface area contributed by atoms with Crippen molar-refractivity contribution in [2.24, 2.45) is 0 Å². The van der Waals surface area contributed by atoms with Crippen LogP contribution in [0.5, 0.6) is 11.5 Å². The van der Waals surface area contributed by atoms with Gasteiger partial charge in [0.1, 0.15) is 5.58 Å². The fraction of sp³-hybridized carbons (Fsp3) is 0.407. The highest BCUT2D eigenvalue weighted by molar-refractivity contribution is 5.99. The molecule has 0 bridgehead atoms. The molecule has 0 fully saturated rings. The van der Waals surface area contributed by atoms with Gasteiger partial charge in [-0.15, -0.1) is 0 Å². The molecule has 3 aromatic rings. The molecule has 0 saturated carbocycles. The summed E-state index contributed by atoms with van der Waals surface area (Å²) in [6.07, 6.45) is 3.18. The number of methoxy groups -OCH3 is 1. The molecule has 1 unspecified atom stereocenters. The molecule has 1 atom stereocenters. The van der Waals surface area contributed by atoms with Crippen LogP contribution < -0.4 is 14.9 Å². The zero-order valence-electron chi connectivity index (χ0n) is 20.0. The highest BCUT2D eigenvalue weighted by atomic mass is 16.5. The number of carbonyl (C=O) groups is 1. The second-order valence-corrected chi connectivity index (χ2v) is 8.26. The zero-order valence-corrected chi connectivity index (χ0v) is 20.0. The van der Waals surface area contributed by atoms with E-state index in [0.29, 0.717) is 54.4 Å². The van der Waals surface area contributed by atoms with E-state index in [-0.39, 0.29) is 17.1 Å². The molecule has 7 heteroatoms. The maximum absolute atomic E-state index is 13.5. The number of nitrogens with zero attached hydrogens (tertiary/aromatic N) is 1. The van der Waals surface area contributed by atoms with Gasteiger partial charge >= 0.3 is 0 Å². The molecule has 0 saturated heterocycles. The lowest BCUT2D eigenvalue weighted by atomic mass is 9.98. The minimum absolute atomic E-state index is 0.0858. The summed E-state index contributed by atoms with van der Waals surface area (Å²) >= 11 is 0. The number of unbranched alkanes of at least 4 members (excludes halogenated alkanes) is 2. The van der Waals surface area contributed by atoms with Gasteiger partial charge in [-0.1, -0.05) is 38.0 Å². The van der Waals surface area contributed by atoms with Gasteiger partial charge in [-0.05, 0) is 43.2 Å². The number of benzene rings is 2. The van der Waals surface area contributed by atoms with Crippen molar-refractivity contribution < 1.29 is 23.4 Å². The lowest BCUT2D eigenvalue weighted by molar-refractivity contribution is 0.0663. The van der Waals surface area contributed by atoms with Gasteiger partial charge in [-0.25, -0.2) is 0 Å². The third kappa shape index (κ3) is 4.53. The molecule has 2 aromatic carbocycles. The van der Waals surface area contributed by atoms with Gasteiger partial charge in [-0.2, -0.15) is 0 Å². The molecule has 0 spiro atoms. The SMILES string of the molecule is CCCCCOc1ccc(C2c3c(oc4ccccc4c3=O)C(=O)N2CCOC)cc1OCC. The van der Waals surface area contributed by atoms with Crippen molar-refractivity contribution in [3.63, 3.8) is 0 Å². The number of amides is 1. The number of ether oxygens (including phenoxy) is 3. The number of carbonyl (C=O) groups excluding carboxylic acids is 1. The fourth-order valence-electron chi connectivity index (χ4n) is 4.35. The minimum atomic E-state index is -0.605.